The minimum atomic E-state index is -1.10. The number of carbonyl (C=O) groups excluding carboxylic acids is 7. The molecule has 0 radical (unpaired) electrons. The van der Waals surface area contributed by atoms with E-state index in [-0.39, 0.29) is 53.1 Å². The highest BCUT2D eigenvalue weighted by Gasteiger charge is 2.47. The molecular formula is C43H40N8O8. The number of rotatable bonds is 14. The second kappa shape index (κ2) is 17.3. The predicted octanol–water partition coefficient (Wildman–Crippen LogP) is 3.85. The van der Waals surface area contributed by atoms with Crippen LogP contribution in [-0.2, 0) is 14.4 Å². The van der Waals surface area contributed by atoms with Gasteiger partial charge in [0.2, 0.25) is 5.91 Å². The summed E-state index contributed by atoms with van der Waals surface area (Å²) < 4.78 is 5.64. The Labute approximate surface area is 338 Å². The summed E-state index contributed by atoms with van der Waals surface area (Å²) in [6, 6.07) is 22.0. The third kappa shape index (κ3) is 8.32. The van der Waals surface area contributed by atoms with Crippen molar-refractivity contribution in [3.63, 3.8) is 0 Å². The number of anilines is 2. The monoisotopic (exact) mass is 796 g/mol. The van der Waals surface area contributed by atoms with Crippen LogP contribution in [0.1, 0.15) is 67.2 Å². The minimum Gasteiger partial charge on any atom is -0.483 e. The van der Waals surface area contributed by atoms with E-state index < -0.39 is 36.3 Å². The quantitative estimate of drug-likeness (QED) is 0.0938. The first-order chi connectivity index (χ1) is 28.5. The van der Waals surface area contributed by atoms with Crippen LogP contribution in [0.5, 0.6) is 5.75 Å². The number of piperidine rings is 1. The highest BCUT2D eigenvalue weighted by Crippen LogP contribution is 2.35. The van der Waals surface area contributed by atoms with Crippen LogP contribution >= 0.6 is 0 Å². The molecule has 1 atom stereocenters. The van der Waals surface area contributed by atoms with E-state index >= 15 is 0 Å². The molecule has 5 aromatic rings. The molecule has 1 unspecified atom stereocenters. The summed E-state index contributed by atoms with van der Waals surface area (Å²) in [5.41, 5.74) is 4.35. The highest BCUT2D eigenvalue weighted by atomic mass is 16.5. The van der Waals surface area contributed by atoms with Crippen LogP contribution in [0.4, 0.5) is 11.4 Å². The van der Waals surface area contributed by atoms with Gasteiger partial charge in [0.1, 0.15) is 17.5 Å². The zero-order valence-corrected chi connectivity index (χ0v) is 32.2. The van der Waals surface area contributed by atoms with Crippen LogP contribution in [0, 0.1) is 0 Å². The molecule has 2 aliphatic rings. The number of benzene rings is 3. The van der Waals surface area contributed by atoms with Crippen LogP contribution in [0.15, 0.2) is 91.3 Å². The van der Waals surface area contributed by atoms with Crippen LogP contribution in [0.25, 0.3) is 22.0 Å². The Bertz CT molecular complexity index is 2490. The molecule has 300 valence electrons. The number of fused-ring (bicyclic) bond motifs is 2. The molecule has 7 amide bonds. The Morgan fingerprint density at radius 2 is 1.58 bits per heavy atom. The van der Waals surface area contributed by atoms with Gasteiger partial charge in [0.25, 0.3) is 35.4 Å². The molecule has 0 bridgehead atoms. The van der Waals surface area contributed by atoms with Gasteiger partial charge in [0, 0.05) is 62.6 Å². The summed E-state index contributed by atoms with van der Waals surface area (Å²) in [6.07, 6.45) is 4.32. The van der Waals surface area contributed by atoms with E-state index in [1.54, 1.807) is 31.6 Å². The summed E-state index contributed by atoms with van der Waals surface area (Å²) in [7, 11) is 2.88. The van der Waals surface area contributed by atoms with E-state index in [1.807, 2.05) is 48.5 Å². The topological polar surface area (TPSA) is 209 Å². The van der Waals surface area contributed by atoms with Crippen molar-refractivity contribution in [2.24, 2.45) is 0 Å². The van der Waals surface area contributed by atoms with Crippen LogP contribution in [0.2, 0.25) is 0 Å². The van der Waals surface area contributed by atoms with E-state index in [4.69, 9.17) is 4.74 Å². The summed E-state index contributed by atoms with van der Waals surface area (Å²) in [5, 5.41) is 12.4. The summed E-state index contributed by atoms with van der Waals surface area (Å²) in [4.78, 5) is 100. The first-order valence-electron chi connectivity index (χ1n) is 19.0. The number of ether oxygens (including phenoxy) is 1. The maximum atomic E-state index is 13.3. The molecule has 2 aromatic heterocycles. The fraction of sp³-hybridized carbons (Fsp3) is 0.233. The number of pyridine rings is 2. The normalized spacial score (nSPS) is 14.9. The van der Waals surface area contributed by atoms with Gasteiger partial charge in [0.05, 0.1) is 27.9 Å². The lowest BCUT2D eigenvalue weighted by molar-refractivity contribution is -0.149. The van der Waals surface area contributed by atoms with E-state index in [2.05, 4.69) is 31.2 Å². The number of carbonyl (C=O) groups is 7. The number of nitrogens with one attached hydrogen (secondary N) is 4. The Hall–Kier alpha value is -7.49. The number of hydrogen-bond acceptors (Lipinski definition) is 11. The number of likely N-dealkylation sites (N-methyl/N-ethyl adjacent to an activating group) is 1. The average Bonchev–Trinajstić information content (AvgIpc) is 3.52. The standard InChI is InChI=1S/C43H40N8O8/c1-44-39(54)30-23-48-31-15-13-25(21-29(31)38(30)49-27-9-4-3-5-10-27)26-14-16-32(47-22-26)40(55)46-20-7-6-19-45-35(52)24-59-34-12-8-11-28-37(34)43(58)51(41(28)56)33-17-18-36(53)50(2)42(33)57/h3-5,8-16,21-23,33H,6-7,17-20,24H2,1-2H3,(H,44,54)(H,45,52)(H,46,55)(H,48,49). The molecule has 0 spiro atoms. The lowest BCUT2D eigenvalue weighted by Crippen LogP contribution is -2.54. The van der Waals surface area contributed by atoms with Gasteiger partial charge in [-0.25, -0.2) is 0 Å². The number of aromatic nitrogens is 2. The maximum Gasteiger partial charge on any atom is 0.269 e. The van der Waals surface area contributed by atoms with Gasteiger partial charge in [-0.05, 0) is 67.3 Å². The molecule has 59 heavy (non-hydrogen) atoms. The number of imide groups is 2. The summed E-state index contributed by atoms with van der Waals surface area (Å²) in [5.74, 6) is -3.44. The fourth-order valence-electron chi connectivity index (χ4n) is 6.96. The second-order valence-corrected chi connectivity index (χ2v) is 13.9. The van der Waals surface area contributed by atoms with Gasteiger partial charge in [-0.1, -0.05) is 36.4 Å². The van der Waals surface area contributed by atoms with Crippen molar-refractivity contribution in [3.8, 4) is 16.9 Å². The molecule has 0 aliphatic carbocycles. The van der Waals surface area contributed by atoms with Crippen LogP contribution < -0.4 is 26.0 Å². The Balaban J connectivity index is 0.879. The van der Waals surface area contributed by atoms with E-state index in [9.17, 15) is 33.6 Å². The van der Waals surface area contributed by atoms with Crippen molar-refractivity contribution in [3.05, 3.63) is 114 Å². The first kappa shape index (κ1) is 39.7. The Kier molecular flexibility index (Phi) is 11.7. The third-order valence-corrected chi connectivity index (χ3v) is 10.1. The van der Waals surface area contributed by atoms with Crippen molar-refractivity contribution in [1.29, 1.82) is 0 Å². The fourth-order valence-corrected chi connectivity index (χ4v) is 6.96. The summed E-state index contributed by atoms with van der Waals surface area (Å²) >= 11 is 0. The lowest BCUT2D eigenvalue weighted by Gasteiger charge is -2.32. The number of amides is 7. The van der Waals surface area contributed by atoms with Crippen molar-refractivity contribution in [2.45, 2.75) is 31.7 Å². The van der Waals surface area contributed by atoms with Gasteiger partial charge in [-0.3, -0.25) is 53.3 Å². The van der Waals surface area contributed by atoms with Gasteiger partial charge in [0.15, 0.2) is 6.61 Å². The van der Waals surface area contributed by atoms with Crippen molar-refractivity contribution >= 4 is 63.6 Å². The molecule has 1 saturated heterocycles. The van der Waals surface area contributed by atoms with Crippen molar-refractivity contribution < 1.29 is 38.3 Å². The van der Waals surface area contributed by atoms with Crippen LogP contribution in [-0.4, -0.2) is 101 Å². The van der Waals surface area contributed by atoms with E-state index in [0.29, 0.717) is 42.7 Å². The minimum absolute atomic E-state index is 0.0219. The molecule has 16 nitrogen and oxygen atoms in total. The average molecular weight is 797 g/mol. The highest BCUT2D eigenvalue weighted by molar-refractivity contribution is 6.24. The number of hydrogen-bond donors (Lipinski definition) is 4. The SMILES string of the molecule is CNC(=O)c1cnc2ccc(-c3ccc(C(=O)NCCCCNC(=O)COc4cccc5c4C(=O)N(C4CCC(=O)N(C)C4=O)C5=O)nc3)cc2c1Nc1ccccc1. The molecule has 1 fully saturated rings. The van der Waals surface area contributed by atoms with Crippen LogP contribution in [0.3, 0.4) is 0 Å². The molecule has 0 saturated carbocycles. The largest absolute Gasteiger partial charge is 0.483 e. The van der Waals surface area contributed by atoms with Gasteiger partial charge in [-0.15, -0.1) is 0 Å². The first-order valence-corrected chi connectivity index (χ1v) is 19.0. The van der Waals surface area contributed by atoms with Gasteiger partial charge in [-0.2, -0.15) is 0 Å². The van der Waals surface area contributed by atoms with Gasteiger partial charge >= 0.3 is 0 Å². The zero-order valence-electron chi connectivity index (χ0n) is 32.2. The zero-order chi connectivity index (χ0) is 41.6. The molecule has 2 aliphatic heterocycles. The molecule has 4 N–H and O–H groups in total. The number of unbranched alkanes of at least 4 members (excludes halogenated alkanes) is 1. The van der Waals surface area contributed by atoms with Gasteiger partial charge < -0.3 is 26.0 Å². The smallest absolute Gasteiger partial charge is 0.269 e. The molecule has 7 rings (SSSR count). The Morgan fingerprint density at radius 1 is 0.814 bits per heavy atom. The van der Waals surface area contributed by atoms with E-state index in [1.165, 1.54) is 25.2 Å². The molecular weight excluding hydrogens is 757 g/mol. The second-order valence-electron chi connectivity index (χ2n) is 13.9. The third-order valence-electron chi connectivity index (χ3n) is 10.1. The van der Waals surface area contributed by atoms with Crippen molar-refractivity contribution in [2.75, 3.05) is 39.1 Å². The predicted molar refractivity (Wildman–Crippen MR) is 216 cm³/mol. The Morgan fingerprint density at radius 3 is 2.32 bits per heavy atom. The molecule has 16 heteroatoms. The van der Waals surface area contributed by atoms with E-state index in [0.717, 1.165) is 32.0 Å². The van der Waals surface area contributed by atoms with Crippen molar-refractivity contribution in [1.82, 2.24) is 35.7 Å². The number of nitrogens with zero attached hydrogens (tertiary/aromatic N) is 4. The number of likely N-dealkylation sites (tertiary alicyclic amines) is 1. The molecule has 3 aromatic carbocycles. The maximum absolute atomic E-state index is 13.3. The molecule has 4 heterocycles. The number of para-hydroxylation sites is 1. The summed E-state index contributed by atoms with van der Waals surface area (Å²) in [6.45, 7) is 0.218. The lowest BCUT2D eigenvalue weighted by atomic mass is 10.0.